The van der Waals surface area contributed by atoms with E-state index in [-0.39, 0.29) is 24.6 Å². The van der Waals surface area contributed by atoms with Gasteiger partial charge >= 0.3 is 0 Å². The topological polar surface area (TPSA) is 76.7 Å². The van der Waals surface area contributed by atoms with Crippen LogP contribution in [-0.2, 0) is 0 Å². The van der Waals surface area contributed by atoms with E-state index in [1.54, 1.807) is 0 Å². The average molecular weight is 359 g/mol. The average Bonchev–Trinajstić information content (AvgIpc) is 2.51. The van der Waals surface area contributed by atoms with Gasteiger partial charge in [-0.1, -0.05) is 6.92 Å². The molecule has 5 nitrogen and oxygen atoms in total. The summed E-state index contributed by atoms with van der Waals surface area (Å²) in [6.07, 6.45) is 0. The van der Waals surface area contributed by atoms with Crippen LogP contribution in [0.25, 0.3) is 0 Å². The molecule has 1 aliphatic heterocycles. The molecule has 4 N–H and O–H groups in total. The zero-order valence-electron chi connectivity index (χ0n) is 12.4. The van der Waals surface area contributed by atoms with Crippen LogP contribution in [0.5, 0.6) is 11.5 Å². The number of rotatable bonds is 6. The quantitative estimate of drug-likeness (QED) is 0.723. The van der Waals surface area contributed by atoms with Gasteiger partial charge in [-0.05, 0) is 46.5 Å². The number of halogens is 1. The Morgan fingerprint density at radius 1 is 1.33 bits per heavy atom. The third-order valence-corrected chi connectivity index (χ3v) is 4.45. The minimum atomic E-state index is 0.00104. The van der Waals surface area contributed by atoms with Gasteiger partial charge in [0, 0.05) is 25.2 Å². The van der Waals surface area contributed by atoms with Crippen molar-refractivity contribution in [3.63, 3.8) is 0 Å². The summed E-state index contributed by atoms with van der Waals surface area (Å²) in [7, 11) is 0. The minimum Gasteiger partial charge on any atom is -0.486 e. The number of fused-ring (bicyclic) bond motifs is 1. The standard InChI is InChI=1S/C15H23BrN2O3/c1-9(8-19)10(2)18-13(7-17)11-5-12(16)15-14(6-11)20-3-4-21-15/h5-6,9-10,13,18-19H,3-4,7-8,17H2,1-2H3. The highest BCUT2D eigenvalue weighted by Gasteiger charge is 2.22. The van der Waals surface area contributed by atoms with E-state index in [0.717, 1.165) is 21.5 Å². The number of nitrogens with one attached hydrogen (secondary N) is 1. The molecule has 3 unspecified atom stereocenters. The first-order chi connectivity index (χ1) is 10.1. The first-order valence-corrected chi connectivity index (χ1v) is 8.02. The van der Waals surface area contributed by atoms with Crippen LogP contribution in [0.2, 0.25) is 0 Å². The zero-order valence-corrected chi connectivity index (χ0v) is 14.0. The predicted molar refractivity (Wildman–Crippen MR) is 85.8 cm³/mol. The van der Waals surface area contributed by atoms with Gasteiger partial charge in [0.2, 0.25) is 0 Å². The van der Waals surface area contributed by atoms with Crippen molar-refractivity contribution in [3.05, 3.63) is 22.2 Å². The Bertz CT molecular complexity index is 484. The van der Waals surface area contributed by atoms with E-state index >= 15 is 0 Å². The molecule has 0 saturated heterocycles. The molecule has 0 aliphatic carbocycles. The Kier molecular flexibility index (Phi) is 5.87. The van der Waals surface area contributed by atoms with E-state index in [0.29, 0.717) is 19.8 Å². The summed E-state index contributed by atoms with van der Waals surface area (Å²) in [6, 6.07) is 4.14. The van der Waals surface area contributed by atoms with Gasteiger partial charge in [0.1, 0.15) is 13.2 Å². The lowest BCUT2D eigenvalue weighted by molar-refractivity contribution is 0.170. The van der Waals surface area contributed by atoms with Crippen LogP contribution in [0.3, 0.4) is 0 Å². The summed E-state index contributed by atoms with van der Waals surface area (Å²) < 4.78 is 12.1. The number of ether oxygens (including phenoxy) is 2. The monoisotopic (exact) mass is 358 g/mol. The molecule has 0 spiro atoms. The molecule has 1 aliphatic rings. The second-order valence-electron chi connectivity index (χ2n) is 5.43. The van der Waals surface area contributed by atoms with Crippen molar-refractivity contribution in [2.75, 3.05) is 26.4 Å². The molecule has 1 heterocycles. The molecular formula is C15H23BrN2O3. The summed E-state index contributed by atoms with van der Waals surface area (Å²) in [5.74, 6) is 1.66. The molecular weight excluding hydrogens is 336 g/mol. The molecule has 118 valence electrons. The maximum Gasteiger partial charge on any atom is 0.175 e. The van der Waals surface area contributed by atoms with Crippen molar-refractivity contribution in [1.29, 1.82) is 0 Å². The Morgan fingerprint density at radius 2 is 2.05 bits per heavy atom. The molecule has 6 heteroatoms. The van der Waals surface area contributed by atoms with Crippen LogP contribution in [-0.4, -0.2) is 37.5 Å². The maximum absolute atomic E-state index is 9.25. The highest BCUT2D eigenvalue weighted by molar-refractivity contribution is 9.10. The Morgan fingerprint density at radius 3 is 2.71 bits per heavy atom. The molecule has 0 saturated carbocycles. The summed E-state index contributed by atoms with van der Waals surface area (Å²) >= 11 is 3.53. The fourth-order valence-corrected chi connectivity index (χ4v) is 2.85. The third kappa shape index (κ3) is 3.88. The van der Waals surface area contributed by atoms with Crippen LogP contribution >= 0.6 is 15.9 Å². The SMILES string of the molecule is CC(CO)C(C)NC(CN)c1cc(Br)c2c(c1)OCCO2. The van der Waals surface area contributed by atoms with Crippen molar-refractivity contribution >= 4 is 15.9 Å². The summed E-state index contributed by atoms with van der Waals surface area (Å²) in [5, 5.41) is 12.7. The van der Waals surface area contributed by atoms with Gasteiger partial charge in [-0.25, -0.2) is 0 Å². The highest BCUT2D eigenvalue weighted by atomic mass is 79.9. The van der Waals surface area contributed by atoms with Gasteiger partial charge in [0.05, 0.1) is 4.47 Å². The number of aliphatic hydroxyl groups is 1. The van der Waals surface area contributed by atoms with Gasteiger partial charge in [-0.3, -0.25) is 0 Å². The van der Waals surface area contributed by atoms with Gasteiger partial charge in [-0.15, -0.1) is 0 Å². The van der Waals surface area contributed by atoms with E-state index in [4.69, 9.17) is 15.2 Å². The summed E-state index contributed by atoms with van der Waals surface area (Å²) in [5.41, 5.74) is 6.96. The maximum atomic E-state index is 9.25. The number of benzene rings is 1. The van der Waals surface area contributed by atoms with E-state index in [1.165, 1.54) is 0 Å². The van der Waals surface area contributed by atoms with E-state index < -0.39 is 0 Å². The fourth-order valence-electron chi connectivity index (χ4n) is 2.27. The second-order valence-corrected chi connectivity index (χ2v) is 6.28. The first kappa shape index (κ1) is 16.5. The van der Waals surface area contributed by atoms with Crippen LogP contribution in [0.1, 0.15) is 25.5 Å². The molecule has 3 atom stereocenters. The molecule has 0 bridgehead atoms. The molecule has 0 radical (unpaired) electrons. The number of nitrogens with two attached hydrogens (primary N) is 1. The second kappa shape index (κ2) is 7.45. The molecule has 1 aromatic rings. The van der Waals surface area contributed by atoms with Gasteiger partial charge in [0.25, 0.3) is 0 Å². The largest absolute Gasteiger partial charge is 0.486 e. The Balaban J connectivity index is 2.20. The molecule has 0 aromatic heterocycles. The molecule has 21 heavy (non-hydrogen) atoms. The third-order valence-electron chi connectivity index (χ3n) is 3.86. The number of hydrogen-bond acceptors (Lipinski definition) is 5. The Hall–Kier alpha value is -0.820. The van der Waals surface area contributed by atoms with Crippen molar-refractivity contribution < 1.29 is 14.6 Å². The number of aliphatic hydroxyl groups excluding tert-OH is 1. The van der Waals surface area contributed by atoms with Gasteiger partial charge < -0.3 is 25.6 Å². The summed E-state index contributed by atoms with van der Waals surface area (Å²) in [6.45, 7) is 5.79. The lowest BCUT2D eigenvalue weighted by Crippen LogP contribution is -2.39. The molecule has 0 amide bonds. The van der Waals surface area contributed by atoms with E-state index in [2.05, 4.69) is 28.2 Å². The van der Waals surface area contributed by atoms with Crippen molar-refractivity contribution in [2.24, 2.45) is 11.7 Å². The van der Waals surface area contributed by atoms with Crippen molar-refractivity contribution in [2.45, 2.75) is 25.9 Å². The van der Waals surface area contributed by atoms with E-state index in [1.807, 2.05) is 19.1 Å². The van der Waals surface area contributed by atoms with Crippen LogP contribution < -0.4 is 20.5 Å². The molecule has 1 aromatic carbocycles. The van der Waals surface area contributed by atoms with Crippen molar-refractivity contribution in [3.8, 4) is 11.5 Å². The van der Waals surface area contributed by atoms with Crippen molar-refractivity contribution in [1.82, 2.24) is 5.32 Å². The number of hydrogen-bond donors (Lipinski definition) is 3. The molecule has 0 fully saturated rings. The first-order valence-electron chi connectivity index (χ1n) is 7.22. The summed E-state index contributed by atoms with van der Waals surface area (Å²) in [4.78, 5) is 0. The van der Waals surface area contributed by atoms with Gasteiger partial charge in [0.15, 0.2) is 11.5 Å². The van der Waals surface area contributed by atoms with E-state index in [9.17, 15) is 5.11 Å². The van der Waals surface area contributed by atoms with Crippen LogP contribution in [0, 0.1) is 5.92 Å². The smallest absolute Gasteiger partial charge is 0.175 e. The highest BCUT2D eigenvalue weighted by Crippen LogP contribution is 2.39. The minimum absolute atomic E-state index is 0.00104. The molecule has 2 rings (SSSR count). The normalized spacial score (nSPS) is 18.1. The predicted octanol–water partition coefficient (Wildman–Crippen LogP) is 1.83. The van der Waals surface area contributed by atoms with Crippen LogP contribution in [0.4, 0.5) is 0 Å². The lowest BCUT2D eigenvalue weighted by Gasteiger charge is -2.27. The fraction of sp³-hybridized carbons (Fsp3) is 0.600. The zero-order chi connectivity index (χ0) is 15.4. The Labute approximate surface area is 133 Å². The lowest BCUT2D eigenvalue weighted by atomic mass is 10.0. The van der Waals surface area contributed by atoms with Gasteiger partial charge in [-0.2, -0.15) is 0 Å². The van der Waals surface area contributed by atoms with Crippen LogP contribution in [0.15, 0.2) is 16.6 Å².